The fourth-order valence-corrected chi connectivity index (χ4v) is 3.24. The van der Waals surface area contributed by atoms with Crippen molar-refractivity contribution in [3.8, 4) is 0 Å². The van der Waals surface area contributed by atoms with Crippen molar-refractivity contribution in [3.05, 3.63) is 52.5 Å². The maximum Gasteiger partial charge on any atom is 0.374 e. The molecule has 0 aromatic carbocycles. The summed E-state index contributed by atoms with van der Waals surface area (Å²) in [6, 6.07) is 3.44. The summed E-state index contributed by atoms with van der Waals surface area (Å²) < 4.78 is 10.5. The Bertz CT molecular complexity index is 684. The molecule has 0 bridgehead atoms. The molecule has 0 aliphatic heterocycles. The molecule has 1 aromatic rings. The van der Waals surface area contributed by atoms with E-state index in [-0.39, 0.29) is 11.2 Å². The van der Waals surface area contributed by atoms with Crippen molar-refractivity contribution in [2.24, 2.45) is 5.41 Å². The molecule has 0 fully saturated rings. The minimum absolute atomic E-state index is 0.237. The first-order chi connectivity index (χ1) is 11.3. The molecule has 130 valence electrons. The van der Waals surface area contributed by atoms with Crippen LogP contribution in [-0.4, -0.2) is 12.6 Å². The second kappa shape index (κ2) is 7.69. The molecule has 0 amide bonds. The van der Waals surface area contributed by atoms with Crippen LogP contribution in [0.4, 0.5) is 0 Å². The normalized spacial score (nSPS) is 18.3. The van der Waals surface area contributed by atoms with Gasteiger partial charge in [0.05, 0.1) is 6.61 Å². The highest BCUT2D eigenvalue weighted by Gasteiger charge is 2.26. The Morgan fingerprint density at radius 1 is 1.38 bits per heavy atom. The van der Waals surface area contributed by atoms with E-state index in [0.29, 0.717) is 12.4 Å². The van der Waals surface area contributed by atoms with Crippen molar-refractivity contribution >= 4 is 12.0 Å². The smallest absolute Gasteiger partial charge is 0.374 e. The molecule has 0 unspecified atom stereocenters. The Balaban J connectivity index is 2.13. The molecule has 0 radical (unpaired) electrons. The van der Waals surface area contributed by atoms with Gasteiger partial charge in [-0.15, -0.1) is 0 Å². The number of carbonyl (C=O) groups is 1. The van der Waals surface area contributed by atoms with E-state index in [1.807, 2.05) is 13.0 Å². The Kier molecular flexibility index (Phi) is 5.87. The summed E-state index contributed by atoms with van der Waals surface area (Å²) in [7, 11) is 0. The predicted octanol–water partition coefficient (Wildman–Crippen LogP) is 5.94. The van der Waals surface area contributed by atoms with Crippen LogP contribution in [0, 0.1) is 5.41 Å². The van der Waals surface area contributed by atoms with Crippen LogP contribution in [0.1, 0.15) is 70.2 Å². The van der Waals surface area contributed by atoms with Crippen LogP contribution < -0.4 is 0 Å². The molecule has 0 N–H and O–H groups in total. The van der Waals surface area contributed by atoms with Crippen molar-refractivity contribution in [2.75, 3.05) is 6.61 Å². The molecular weight excluding hydrogens is 300 g/mol. The zero-order valence-electron chi connectivity index (χ0n) is 15.4. The fourth-order valence-electron chi connectivity index (χ4n) is 3.24. The summed E-state index contributed by atoms with van der Waals surface area (Å²) in [6.45, 7) is 11.0. The number of ether oxygens (including phenoxy) is 1. The first-order valence-electron chi connectivity index (χ1n) is 8.67. The zero-order chi connectivity index (χ0) is 17.7. The fraction of sp³-hybridized carbons (Fsp3) is 0.476. The number of allylic oxidation sites excluding steroid dienone is 5. The van der Waals surface area contributed by atoms with Crippen molar-refractivity contribution < 1.29 is 13.9 Å². The summed E-state index contributed by atoms with van der Waals surface area (Å²) in [5.41, 5.74) is 4.24. The number of hydrogen-bond donors (Lipinski definition) is 0. The van der Waals surface area contributed by atoms with E-state index in [4.69, 9.17) is 9.15 Å². The molecular formula is C21H28O3. The summed E-state index contributed by atoms with van der Waals surface area (Å²) in [5.74, 6) is 0.482. The first-order valence-corrected chi connectivity index (χ1v) is 8.67. The molecule has 0 atom stereocenters. The Morgan fingerprint density at radius 2 is 2.12 bits per heavy atom. The van der Waals surface area contributed by atoms with Gasteiger partial charge in [0, 0.05) is 0 Å². The van der Waals surface area contributed by atoms with Crippen molar-refractivity contribution in [3.63, 3.8) is 0 Å². The van der Waals surface area contributed by atoms with Gasteiger partial charge in [-0.2, -0.15) is 0 Å². The Labute approximate surface area is 145 Å². The SMILES string of the molecule is CCOC(=O)c1ccc(C=C(C)C=CC2=C(C)CCCC2(C)C)o1. The highest BCUT2D eigenvalue weighted by molar-refractivity contribution is 5.86. The van der Waals surface area contributed by atoms with E-state index in [1.54, 1.807) is 19.1 Å². The van der Waals surface area contributed by atoms with Gasteiger partial charge in [0.15, 0.2) is 0 Å². The third-order valence-electron chi connectivity index (χ3n) is 4.53. The van der Waals surface area contributed by atoms with E-state index in [2.05, 4.69) is 32.9 Å². The van der Waals surface area contributed by atoms with E-state index in [0.717, 1.165) is 5.57 Å². The van der Waals surface area contributed by atoms with E-state index in [1.165, 1.54) is 30.4 Å². The van der Waals surface area contributed by atoms with Gasteiger partial charge in [0.2, 0.25) is 5.76 Å². The topological polar surface area (TPSA) is 39.4 Å². The largest absolute Gasteiger partial charge is 0.460 e. The van der Waals surface area contributed by atoms with Crippen LogP contribution in [0.25, 0.3) is 6.08 Å². The molecule has 0 spiro atoms. The monoisotopic (exact) mass is 328 g/mol. The van der Waals surface area contributed by atoms with Gasteiger partial charge >= 0.3 is 5.97 Å². The molecule has 24 heavy (non-hydrogen) atoms. The van der Waals surface area contributed by atoms with Gasteiger partial charge in [0.1, 0.15) is 5.76 Å². The molecule has 3 nitrogen and oxygen atoms in total. The second-order valence-corrected chi connectivity index (χ2v) is 7.08. The maximum absolute atomic E-state index is 11.6. The lowest BCUT2D eigenvalue weighted by Crippen LogP contribution is -2.19. The number of carbonyl (C=O) groups excluding carboxylic acids is 1. The highest BCUT2D eigenvalue weighted by Crippen LogP contribution is 2.40. The molecule has 0 saturated carbocycles. The summed E-state index contributed by atoms with van der Waals surface area (Å²) in [6.07, 6.45) is 9.98. The summed E-state index contributed by atoms with van der Waals surface area (Å²) in [4.78, 5) is 11.6. The lowest BCUT2D eigenvalue weighted by atomic mass is 9.72. The third-order valence-corrected chi connectivity index (χ3v) is 4.53. The predicted molar refractivity (Wildman–Crippen MR) is 97.8 cm³/mol. The minimum Gasteiger partial charge on any atom is -0.460 e. The first kappa shape index (κ1) is 18.3. The van der Waals surface area contributed by atoms with Crippen LogP contribution in [0.2, 0.25) is 0 Å². The Morgan fingerprint density at radius 3 is 2.79 bits per heavy atom. The van der Waals surface area contributed by atoms with Gasteiger partial charge in [0.25, 0.3) is 0 Å². The van der Waals surface area contributed by atoms with Gasteiger partial charge in [-0.1, -0.05) is 31.6 Å². The zero-order valence-corrected chi connectivity index (χ0v) is 15.4. The lowest BCUT2D eigenvalue weighted by molar-refractivity contribution is 0.0489. The summed E-state index contributed by atoms with van der Waals surface area (Å²) >= 11 is 0. The number of furan rings is 1. The van der Waals surface area contributed by atoms with Crippen LogP contribution in [0.15, 0.2) is 45.4 Å². The average Bonchev–Trinajstić information content (AvgIpc) is 2.95. The van der Waals surface area contributed by atoms with Crippen LogP contribution in [0.3, 0.4) is 0 Å². The quantitative estimate of drug-likeness (QED) is 0.496. The van der Waals surface area contributed by atoms with Crippen LogP contribution in [0.5, 0.6) is 0 Å². The molecule has 1 aliphatic rings. The van der Waals surface area contributed by atoms with E-state index >= 15 is 0 Å². The molecule has 1 aliphatic carbocycles. The molecule has 2 rings (SSSR count). The van der Waals surface area contributed by atoms with Crippen molar-refractivity contribution in [2.45, 2.75) is 53.9 Å². The molecule has 1 heterocycles. The van der Waals surface area contributed by atoms with Gasteiger partial charge in [-0.25, -0.2) is 4.79 Å². The van der Waals surface area contributed by atoms with E-state index < -0.39 is 5.97 Å². The lowest BCUT2D eigenvalue weighted by Gasteiger charge is -2.32. The second-order valence-electron chi connectivity index (χ2n) is 7.08. The number of rotatable bonds is 5. The minimum atomic E-state index is -0.421. The number of esters is 1. The number of hydrogen-bond acceptors (Lipinski definition) is 3. The average molecular weight is 328 g/mol. The van der Waals surface area contributed by atoms with Gasteiger partial charge in [-0.05, 0) is 74.8 Å². The van der Waals surface area contributed by atoms with Gasteiger partial charge in [-0.3, -0.25) is 0 Å². The van der Waals surface area contributed by atoms with Crippen LogP contribution >= 0.6 is 0 Å². The van der Waals surface area contributed by atoms with Crippen molar-refractivity contribution in [1.29, 1.82) is 0 Å². The Hall–Kier alpha value is -2.03. The van der Waals surface area contributed by atoms with Crippen molar-refractivity contribution in [1.82, 2.24) is 0 Å². The molecule has 3 heteroatoms. The van der Waals surface area contributed by atoms with Gasteiger partial charge < -0.3 is 9.15 Å². The standard InChI is InChI=1S/C21H28O3/c1-6-23-20(22)19-12-10-17(24-19)14-15(2)9-11-18-16(3)8-7-13-21(18,4)5/h9-12,14H,6-8,13H2,1-5H3. The maximum atomic E-state index is 11.6. The highest BCUT2D eigenvalue weighted by atomic mass is 16.5. The molecule has 0 saturated heterocycles. The molecule has 1 aromatic heterocycles. The summed E-state index contributed by atoms with van der Waals surface area (Å²) in [5, 5.41) is 0. The third kappa shape index (κ3) is 4.50. The van der Waals surface area contributed by atoms with E-state index in [9.17, 15) is 4.79 Å². The van der Waals surface area contributed by atoms with Crippen LogP contribution in [-0.2, 0) is 4.74 Å².